The van der Waals surface area contributed by atoms with Crippen LogP contribution in [0.15, 0.2) is 64.0 Å². The maximum absolute atomic E-state index is 12.6. The quantitative estimate of drug-likeness (QED) is 0.491. The second kappa shape index (κ2) is 6.68. The van der Waals surface area contributed by atoms with Crippen molar-refractivity contribution in [2.45, 2.75) is 0 Å². The molecule has 0 aliphatic heterocycles. The molecule has 24 heavy (non-hydrogen) atoms. The third kappa shape index (κ3) is 3.03. The number of carbonyl (C=O) groups excluding carboxylic acids is 1. The lowest BCUT2D eigenvalue weighted by atomic mass is 10.1. The second-order valence-corrected chi connectivity index (χ2v) is 7.61. The minimum Gasteiger partial charge on any atom is -0.320 e. The smallest absolute Gasteiger partial charge is 0.275 e. The number of carbonyl (C=O) groups is 1. The Balaban J connectivity index is 1.59. The van der Waals surface area contributed by atoms with Crippen molar-refractivity contribution in [2.24, 2.45) is 0 Å². The number of anilines is 1. The summed E-state index contributed by atoms with van der Waals surface area (Å²) in [5.74, 6) is -0.184. The first-order valence-electron chi connectivity index (χ1n) is 7.23. The molecule has 4 aromatic rings. The van der Waals surface area contributed by atoms with Crippen LogP contribution in [-0.4, -0.2) is 10.9 Å². The van der Waals surface area contributed by atoms with Crippen molar-refractivity contribution in [3.05, 3.63) is 69.7 Å². The van der Waals surface area contributed by atoms with Crippen molar-refractivity contribution in [3.63, 3.8) is 0 Å². The zero-order chi connectivity index (χ0) is 16.4. The van der Waals surface area contributed by atoms with Gasteiger partial charge in [0.25, 0.3) is 5.91 Å². The van der Waals surface area contributed by atoms with Crippen LogP contribution in [0.1, 0.15) is 10.5 Å². The molecule has 0 fully saturated rings. The van der Waals surface area contributed by atoms with Crippen molar-refractivity contribution < 1.29 is 4.79 Å². The van der Waals surface area contributed by atoms with E-state index in [4.69, 9.17) is 0 Å². The van der Waals surface area contributed by atoms with Crippen molar-refractivity contribution in [2.75, 3.05) is 5.32 Å². The zero-order valence-corrected chi connectivity index (χ0v) is 14.9. The highest BCUT2D eigenvalue weighted by atomic mass is 32.1. The molecular weight excluding hydrogens is 356 g/mol. The van der Waals surface area contributed by atoms with E-state index in [0.717, 1.165) is 26.7 Å². The number of benzene rings is 1. The minimum absolute atomic E-state index is 0.184. The van der Waals surface area contributed by atoms with Gasteiger partial charge in [-0.1, -0.05) is 24.3 Å². The molecule has 6 heteroatoms. The van der Waals surface area contributed by atoms with Gasteiger partial charge in [0.1, 0.15) is 10.7 Å². The fourth-order valence-electron chi connectivity index (χ4n) is 2.32. The number of thiazole rings is 1. The molecule has 1 amide bonds. The predicted octanol–water partition coefficient (Wildman–Crippen LogP) is 5.85. The molecule has 3 aromatic heterocycles. The maximum atomic E-state index is 12.6. The van der Waals surface area contributed by atoms with Crippen molar-refractivity contribution in [3.8, 4) is 21.0 Å². The number of rotatable bonds is 4. The molecule has 0 saturated carbocycles. The molecule has 0 unspecified atom stereocenters. The van der Waals surface area contributed by atoms with E-state index in [-0.39, 0.29) is 5.91 Å². The topological polar surface area (TPSA) is 42.0 Å². The Bertz CT molecular complexity index is 956. The molecule has 0 aliphatic carbocycles. The van der Waals surface area contributed by atoms with Crippen LogP contribution in [0.5, 0.6) is 0 Å². The summed E-state index contributed by atoms with van der Waals surface area (Å²) in [7, 11) is 0. The minimum atomic E-state index is -0.184. The van der Waals surface area contributed by atoms with E-state index in [0.29, 0.717) is 5.69 Å². The predicted molar refractivity (Wildman–Crippen MR) is 103 cm³/mol. The lowest BCUT2D eigenvalue weighted by molar-refractivity contribution is 0.102. The molecule has 0 saturated heterocycles. The van der Waals surface area contributed by atoms with Crippen LogP contribution in [0.3, 0.4) is 0 Å². The van der Waals surface area contributed by atoms with Gasteiger partial charge >= 0.3 is 0 Å². The summed E-state index contributed by atoms with van der Waals surface area (Å²) >= 11 is 4.76. The van der Waals surface area contributed by atoms with Crippen LogP contribution in [0.4, 0.5) is 5.69 Å². The first kappa shape index (κ1) is 15.3. The summed E-state index contributed by atoms with van der Waals surface area (Å²) in [4.78, 5) is 18.1. The Morgan fingerprint density at radius 2 is 1.88 bits per heavy atom. The summed E-state index contributed by atoms with van der Waals surface area (Å²) < 4.78 is 0. The van der Waals surface area contributed by atoms with E-state index < -0.39 is 0 Å². The molecule has 1 aromatic carbocycles. The Labute approximate surface area is 151 Å². The normalized spacial score (nSPS) is 10.7. The summed E-state index contributed by atoms with van der Waals surface area (Å²) in [6.07, 6.45) is 0. The number of aromatic nitrogens is 1. The van der Waals surface area contributed by atoms with Gasteiger partial charge in [-0.25, -0.2) is 4.98 Å². The number of nitrogens with zero attached hydrogens (tertiary/aromatic N) is 1. The van der Waals surface area contributed by atoms with E-state index in [1.54, 1.807) is 28.1 Å². The first-order chi connectivity index (χ1) is 11.8. The second-order valence-electron chi connectivity index (χ2n) is 5.03. The monoisotopic (exact) mass is 368 g/mol. The Hall–Kier alpha value is -2.28. The highest BCUT2D eigenvalue weighted by Crippen LogP contribution is 2.32. The fourth-order valence-corrected chi connectivity index (χ4v) is 4.60. The number of hydrogen-bond acceptors (Lipinski definition) is 5. The molecule has 0 atom stereocenters. The summed E-state index contributed by atoms with van der Waals surface area (Å²) in [5.41, 5.74) is 3.33. The van der Waals surface area contributed by atoms with Gasteiger partial charge in [0.15, 0.2) is 0 Å². The fraction of sp³-hybridized carbons (Fsp3) is 0. The Morgan fingerprint density at radius 1 is 0.958 bits per heavy atom. The van der Waals surface area contributed by atoms with Gasteiger partial charge in [-0.3, -0.25) is 4.79 Å². The number of nitrogens with one attached hydrogen (secondary N) is 1. The number of amides is 1. The number of thiophene rings is 2. The molecule has 4 rings (SSSR count). The SMILES string of the molecule is O=C(Nc1ccccc1-c1cccs1)c1csc(-c2ccsc2)n1. The van der Waals surface area contributed by atoms with E-state index in [1.807, 2.05) is 58.6 Å². The Morgan fingerprint density at radius 3 is 2.67 bits per heavy atom. The molecule has 0 spiro atoms. The average Bonchev–Trinajstić information content (AvgIpc) is 3.35. The highest BCUT2D eigenvalue weighted by Gasteiger charge is 2.14. The van der Waals surface area contributed by atoms with Crippen molar-refractivity contribution >= 4 is 45.6 Å². The van der Waals surface area contributed by atoms with Gasteiger partial charge in [-0.05, 0) is 29.0 Å². The molecule has 3 nitrogen and oxygen atoms in total. The van der Waals surface area contributed by atoms with Crippen LogP contribution in [0.2, 0.25) is 0 Å². The van der Waals surface area contributed by atoms with Crippen molar-refractivity contribution in [1.82, 2.24) is 4.98 Å². The average molecular weight is 369 g/mol. The molecule has 3 heterocycles. The molecule has 1 N–H and O–H groups in total. The molecule has 0 bridgehead atoms. The van der Waals surface area contributed by atoms with Crippen LogP contribution < -0.4 is 5.32 Å². The molecular formula is C18H12N2OS3. The van der Waals surface area contributed by atoms with Crippen LogP contribution in [-0.2, 0) is 0 Å². The van der Waals surface area contributed by atoms with Gasteiger partial charge in [0.05, 0.1) is 0 Å². The van der Waals surface area contributed by atoms with E-state index in [1.165, 1.54) is 11.3 Å². The number of para-hydroxylation sites is 1. The molecule has 0 aliphatic rings. The van der Waals surface area contributed by atoms with E-state index in [9.17, 15) is 4.79 Å². The summed E-state index contributed by atoms with van der Waals surface area (Å²) in [5, 5.41) is 11.7. The third-order valence-electron chi connectivity index (χ3n) is 3.47. The highest BCUT2D eigenvalue weighted by molar-refractivity contribution is 7.14. The lowest BCUT2D eigenvalue weighted by Gasteiger charge is -2.08. The summed E-state index contributed by atoms with van der Waals surface area (Å²) in [6, 6.07) is 13.9. The molecule has 0 radical (unpaired) electrons. The maximum Gasteiger partial charge on any atom is 0.275 e. The van der Waals surface area contributed by atoms with Gasteiger partial charge in [-0.15, -0.1) is 22.7 Å². The zero-order valence-electron chi connectivity index (χ0n) is 12.4. The van der Waals surface area contributed by atoms with Crippen molar-refractivity contribution in [1.29, 1.82) is 0 Å². The lowest BCUT2D eigenvalue weighted by Crippen LogP contribution is -2.12. The first-order valence-corrected chi connectivity index (χ1v) is 9.94. The van der Waals surface area contributed by atoms with Crippen LogP contribution in [0, 0.1) is 0 Å². The van der Waals surface area contributed by atoms with Gasteiger partial charge in [0, 0.05) is 32.5 Å². The van der Waals surface area contributed by atoms with Gasteiger partial charge in [-0.2, -0.15) is 11.3 Å². The standard InChI is InChI=1S/C18H12N2OS3/c21-17(15-11-24-18(20-15)12-7-9-22-10-12)19-14-5-2-1-4-13(14)16-6-3-8-23-16/h1-11H,(H,19,21). The van der Waals surface area contributed by atoms with E-state index in [2.05, 4.69) is 10.3 Å². The molecule has 118 valence electrons. The van der Waals surface area contributed by atoms with Crippen LogP contribution in [0.25, 0.3) is 21.0 Å². The largest absolute Gasteiger partial charge is 0.320 e. The van der Waals surface area contributed by atoms with Crippen LogP contribution >= 0.6 is 34.0 Å². The van der Waals surface area contributed by atoms with Gasteiger partial charge in [0.2, 0.25) is 0 Å². The summed E-state index contributed by atoms with van der Waals surface area (Å²) in [6.45, 7) is 0. The number of hydrogen-bond donors (Lipinski definition) is 1. The van der Waals surface area contributed by atoms with E-state index >= 15 is 0 Å². The van der Waals surface area contributed by atoms with Gasteiger partial charge < -0.3 is 5.32 Å². The Kier molecular flexibility index (Phi) is 4.25. The third-order valence-corrected chi connectivity index (χ3v) is 5.94.